The summed E-state index contributed by atoms with van der Waals surface area (Å²) in [5, 5.41) is 0. The number of rotatable bonds is 2. The van der Waals surface area contributed by atoms with Crippen LogP contribution in [0.5, 0.6) is 23.0 Å². The van der Waals surface area contributed by atoms with Gasteiger partial charge in [-0.05, 0) is 54.7 Å². The van der Waals surface area contributed by atoms with E-state index in [9.17, 15) is 0 Å². The number of methoxy groups -OCH3 is 2. The summed E-state index contributed by atoms with van der Waals surface area (Å²) in [6, 6.07) is 9.19. The van der Waals surface area contributed by atoms with Crippen molar-refractivity contribution in [2.75, 3.05) is 27.6 Å². The average Bonchev–Trinajstić information content (AvgIpc) is 3.12. The minimum Gasteiger partial charge on any atom is -0.493 e. The summed E-state index contributed by atoms with van der Waals surface area (Å²) in [5.41, 5.74) is 5.34. The Bertz CT molecular complexity index is 879. The molecule has 3 aliphatic heterocycles. The molecule has 0 fully saturated rings. The van der Waals surface area contributed by atoms with Gasteiger partial charge in [-0.2, -0.15) is 0 Å². The average molecular weight is 353 g/mol. The Morgan fingerprint density at radius 1 is 1.04 bits per heavy atom. The first-order valence-corrected chi connectivity index (χ1v) is 9.13. The number of nitrogens with zero attached hydrogens (tertiary/aromatic N) is 1. The number of hydrogen-bond donors (Lipinski definition) is 0. The standard InChI is InChI=1S/C21H23NO4/c1-12-20-14(4-5-17(23-2)21(20)24-3)8-16-15-10-19-18(25-11-26-19)9-13(15)6-7-22(12)16/h4-5,9-10,12,16H,6-8,11H2,1-3H3/t12-,16-/m0/s1. The Morgan fingerprint density at radius 3 is 2.62 bits per heavy atom. The summed E-state index contributed by atoms with van der Waals surface area (Å²) in [7, 11) is 3.42. The summed E-state index contributed by atoms with van der Waals surface area (Å²) in [6.07, 6.45) is 1.99. The molecule has 2 aromatic carbocycles. The Hall–Kier alpha value is -2.40. The molecule has 0 saturated carbocycles. The third kappa shape index (κ3) is 2.13. The molecular weight excluding hydrogens is 330 g/mol. The van der Waals surface area contributed by atoms with Crippen LogP contribution in [-0.4, -0.2) is 32.5 Å². The molecule has 0 saturated heterocycles. The van der Waals surface area contributed by atoms with Crippen LogP contribution in [0, 0.1) is 0 Å². The SMILES string of the molecule is COc1ccc2c(c1OC)[C@H](C)N1CCc3cc4c(cc3[C@@H]1C2)OCO4. The van der Waals surface area contributed by atoms with Crippen molar-refractivity contribution < 1.29 is 18.9 Å². The Morgan fingerprint density at radius 2 is 1.85 bits per heavy atom. The third-order valence-corrected chi connectivity index (χ3v) is 6.04. The summed E-state index contributed by atoms with van der Waals surface area (Å²) in [5.74, 6) is 3.42. The third-order valence-electron chi connectivity index (χ3n) is 6.04. The number of ether oxygens (including phenoxy) is 4. The van der Waals surface area contributed by atoms with Crippen LogP contribution in [0.4, 0.5) is 0 Å². The van der Waals surface area contributed by atoms with Crippen LogP contribution in [0.2, 0.25) is 0 Å². The molecule has 0 aliphatic carbocycles. The van der Waals surface area contributed by atoms with E-state index >= 15 is 0 Å². The van der Waals surface area contributed by atoms with Crippen molar-refractivity contribution in [1.82, 2.24) is 4.90 Å². The molecule has 0 bridgehead atoms. The summed E-state index contributed by atoms with van der Waals surface area (Å²) in [6.45, 7) is 3.62. The predicted octanol–water partition coefficient (Wildman–Crippen LogP) is 3.65. The van der Waals surface area contributed by atoms with Gasteiger partial charge in [0.2, 0.25) is 6.79 Å². The molecule has 3 aliphatic rings. The molecule has 0 radical (unpaired) electrons. The topological polar surface area (TPSA) is 40.2 Å². The first-order valence-electron chi connectivity index (χ1n) is 9.13. The van der Waals surface area contributed by atoms with Crippen LogP contribution in [0.15, 0.2) is 24.3 Å². The van der Waals surface area contributed by atoms with Gasteiger partial charge >= 0.3 is 0 Å². The first-order chi connectivity index (χ1) is 12.7. The van der Waals surface area contributed by atoms with Crippen LogP contribution < -0.4 is 18.9 Å². The highest BCUT2D eigenvalue weighted by Crippen LogP contribution is 2.50. The van der Waals surface area contributed by atoms with Crippen LogP contribution in [-0.2, 0) is 12.8 Å². The van der Waals surface area contributed by atoms with Crippen molar-refractivity contribution in [2.45, 2.75) is 31.8 Å². The molecule has 5 heteroatoms. The van der Waals surface area contributed by atoms with Crippen molar-refractivity contribution in [2.24, 2.45) is 0 Å². The van der Waals surface area contributed by atoms with E-state index in [1.165, 1.54) is 22.3 Å². The fourth-order valence-electron chi connectivity index (χ4n) is 4.80. The maximum Gasteiger partial charge on any atom is 0.231 e. The lowest BCUT2D eigenvalue weighted by Crippen LogP contribution is -2.41. The molecular formula is C21H23NO4. The van der Waals surface area contributed by atoms with E-state index in [0.29, 0.717) is 12.8 Å². The lowest BCUT2D eigenvalue weighted by Gasteiger charge is -2.46. The fourth-order valence-corrected chi connectivity index (χ4v) is 4.80. The van der Waals surface area contributed by atoms with Crippen molar-refractivity contribution in [1.29, 1.82) is 0 Å². The van der Waals surface area contributed by atoms with Crippen molar-refractivity contribution in [3.05, 3.63) is 46.5 Å². The summed E-state index contributed by atoms with van der Waals surface area (Å²) < 4.78 is 22.4. The van der Waals surface area contributed by atoms with Crippen molar-refractivity contribution in [3.63, 3.8) is 0 Å². The van der Waals surface area contributed by atoms with Gasteiger partial charge in [-0.1, -0.05) is 6.07 Å². The van der Waals surface area contributed by atoms with E-state index < -0.39 is 0 Å². The normalized spacial score (nSPS) is 23.0. The summed E-state index contributed by atoms with van der Waals surface area (Å²) >= 11 is 0. The molecule has 0 N–H and O–H groups in total. The fraction of sp³-hybridized carbons (Fsp3) is 0.429. The van der Waals surface area contributed by atoms with E-state index in [-0.39, 0.29) is 6.04 Å². The highest BCUT2D eigenvalue weighted by atomic mass is 16.7. The van der Waals surface area contributed by atoms with Gasteiger partial charge in [-0.15, -0.1) is 0 Å². The maximum absolute atomic E-state index is 5.73. The molecule has 0 aromatic heterocycles. The zero-order valence-electron chi connectivity index (χ0n) is 15.4. The van der Waals surface area contributed by atoms with Gasteiger partial charge in [0.25, 0.3) is 0 Å². The monoisotopic (exact) mass is 353 g/mol. The van der Waals surface area contributed by atoms with Gasteiger partial charge < -0.3 is 18.9 Å². The zero-order chi connectivity index (χ0) is 17.8. The highest BCUT2D eigenvalue weighted by molar-refractivity contribution is 5.56. The van der Waals surface area contributed by atoms with Crippen LogP contribution >= 0.6 is 0 Å². The highest BCUT2D eigenvalue weighted by Gasteiger charge is 2.39. The maximum atomic E-state index is 5.73. The molecule has 0 amide bonds. The van der Waals surface area contributed by atoms with Crippen molar-refractivity contribution in [3.8, 4) is 23.0 Å². The minimum absolute atomic E-state index is 0.271. The van der Waals surface area contributed by atoms with E-state index in [1.54, 1.807) is 14.2 Å². The van der Waals surface area contributed by atoms with E-state index in [1.807, 2.05) is 6.07 Å². The Kier molecular flexibility index (Phi) is 3.54. The van der Waals surface area contributed by atoms with E-state index in [4.69, 9.17) is 18.9 Å². The molecule has 0 spiro atoms. The van der Waals surface area contributed by atoms with E-state index in [0.717, 1.165) is 42.4 Å². The molecule has 0 unspecified atom stereocenters. The smallest absolute Gasteiger partial charge is 0.231 e. The predicted molar refractivity (Wildman–Crippen MR) is 97.4 cm³/mol. The second-order valence-electron chi connectivity index (χ2n) is 7.16. The number of fused-ring (bicyclic) bond motifs is 5. The molecule has 2 atom stereocenters. The van der Waals surface area contributed by atoms with E-state index in [2.05, 4.69) is 30.0 Å². The molecule has 136 valence electrons. The van der Waals surface area contributed by atoms with Gasteiger partial charge in [-0.3, -0.25) is 4.90 Å². The molecule has 5 nitrogen and oxygen atoms in total. The quantitative estimate of drug-likeness (QED) is 0.824. The molecule has 3 heterocycles. The number of hydrogen-bond acceptors (Lipinski definition) is 5. The lowest BCUT2D eigenvalue weighted by atomic mass is 9.80. The number of benzene rings is 2. The minimum atomic E-state index is 0.271. The second-order valence-corrected chi connectivity index (χ2v) is 7.16. The Balaban J connectivity index is 1.62. The largest absolute Gasteiger partial charge is 0.493 e. The van der Waals surface area contributed by atoms with Gasteiger partial charge in [-0.25, -0.2) is 0 Å². The van der Waals surface area contributed by atoms with Crippen LogP contribution in [0.1, 0.15) is 41.3 Å². The lowest BCUT2D eigenvalue weighted by molar-refractivity contribution is 0.114. The first kappa shape index (κ1) is 15.8. The van der Waals surface area contributed by atoms with Crippen LogP contribution in [0.25, 0.3) is 0 Å². The summed E-state index contributed by atoms with van der Waals surface area (Å²) in [4.78, 5) is 2.58. The molecule has 2 aromatic rings. The van der Waals surface area contributed by atoms with Gasteiger partial charge in [0, 0.05) is 24.2 Å². The Labute approximate surface area is 153 Å². The van der Waals surface area contributed by atoms with Gasteiger partial charge in [0.1, 0.15) is 0 Å². The van der Waals surface area contributed by atoms with Crippen molar-refractivity contribution >= 4 is 0 Å². The van der Waals surface area contributed by atoms with Gasteiger partial charge in [0.15, 0.2) is 23.0 Å². The van der Waals surface area contributed by atoms with Crippen LogP contribution in [0.3, 0.4) is 0 Å². The molecule has 26 heavy (non-hydrogen) atoms. The molecule has 5 rings (SSSR count). The zero-order valence-corrected chi connectivity index (χ0v) is 15.4. The van der Waals surface area contributed by atoms with Gasteiger partial charge in [0.05, 0.1) is 14.2 Å². The second kappa shape index (κ2) is 5.81.